The number of imidazole rings is 1. The minimum atomic E-state index is -0.275. The normalized spacial score (nSPS) is 18.0. The summed E-state index contributed by atoms with van der Waals surface area (Å²) < 4.78 is 14.1. The summed E-state index contributed by atoms with van der Waals surface area (Å²) in [5, 5.41) is 3.01. The molecule has 0 radical (unpaired) electrons. The van der Waals surface area contributed by atoms with Gasteiger partial charge in [0, 0.05) is 37.0 Å². The third-order valence-corrected chi connectivity index (χ3v) is 6.44. The Kier molecular flexibility index (Phi) is 6.39. The predicted octanol–water partition coefficient (Wildman–Crippen LogP) is 3.89. The maximum absolute atomic E-state index is 13.2. The van der Waals surface area contributed by atoms with Gasteiger partial charge in [-0.1, -0.05) is 6.58 Å². The SMILES string of the molecule is C=CC(=O)N1CCCCC(n2c(NC(=O)c3ccnc(C)c3)nc3ccc4c(c32)OCCCO4)C1. The summed E-state index contributed by atoms with van der Waals surface area (Å²) in [6.45, 7) is 7.76. The number of fused-ring (bicyclic) bond motifs is 3. The number of rotatable bonds is 4. The lowest BCUT2D eigenvalue weighted by molar-refractivity contribution is -0.126. The number of aromatic nitrogens is 3. The summed E-state index contributed by atoms with van der Waals surface area (Å²) in [6.07, 6.45) is 6.41. The Morgan fingerprint density at radius 1 is 1.17 bits per heavy atom. The second kappa shape index (κ2) is 9.77. The summed E-state index contributed by atoms with van der Waals surface area (Å²) in [4.78, 5) is 36.5. The smallest absolute Gasteiger partial charge is 0.258 e. The topological polar surface area (TPSA) is 98.6 Å². The fourth-order valence-corrected chi connectivity index (χ4v) is 4.77. The molecule has 9 heteroatoms. The monoisotopic (exact) mass is 475 g/mol. The molecule has 2 aromatic heterocycles. The van der Waals surface area contributed by atoms with Crippen LogP contribution in [0.2, 0.25) is 0 Å². The van der Waals surface area contributed by atoms with E-state index in [0.29, 0.717) is 54.8 Å². The average molecular weight is 476 g/mol. The number of anilines is 1. The van der Waals surface area contributed by atoms with Gasteiger partial charge in [0.1, 0.15) is 5.52 Å². The Bertz CT molecular complexity index is 1280. The molecule has 5 rings (SSSR count). The van der Waals surface area contributed by atoms with Crippen molar-refractivity contribution in [2.75, 3.05) is 31.6 Å². The molecule has 0 aliphatic carbocycles. The number of carbonyl (C=O) groups excluding carboxylic acids is 2. The van der Waals surface area contributed by atoms with E-state index in [1.54, 1.807) is 18.3 Å². The molecule has 3 aromatic rings. The molecule has 9 nitrogen and oxygen atoms in total. The molecule has 182 valence electrons. The standard InChI is InChI=1S/C26H29N5O4/c1-3-22(32)30-12-5-4-7-19(16-30)31-23-20(8-9-21-24(23)35-14-6-13-34-21)28-26(31)29-25(33)18-10-11-27-17(2)15-18/h3,8-11,15,19H,1,4-7,12-14,16H2,2H3,(H,28,29,33). The van der Waals surface area contributed by atoms with Gasteiger partial charge in [0.25, 0.3) is 5.91 Å². The quantitative estimate of drug-likeness (QED) is 0.575. The van der Waals surface area contributed by atoms with Gasteiger partial charge in [-0.3, -0.25) is 19.9 Å². The number of hydrogen-bond acceptors (Lipinski definition) is 6. The molecule has 2 amide bonds. The van der Waals surface area contributed by atoms with Crippen LogP contribution in [-0.4, -0.2) is 57.6 Å². The fraction of sp³-hybridized carbons (Fsp3) is 0.385. The molecule has 2 aliphatic heterocycles. The Morgan fingerprint density at radius 3 is 2.86 bits per heavy atom. The number of nitrogens with zero attached hydrogens (tertiary/aromatic N) is 4. The number of nitrogens with one attached hydrogen (secondary N) is 1. The van der Waals surface area contributed by atoms with Gasteiger partial charge in [-0.25, -0.2) is 4.98 Å². The van der Waals surface area contributed by atoms with E-state index in [2.05, 4.69) is 16.9 Å². The zero-order valence-corrected chi connectivity index (χ0v) is 19.8. The summed E-state index contributed by atoms with van der Waals surface area (Å²) in [7, 11) is 0. The molecule has 0 saturated carbocycles. The highest BCUT2D eigenvalue weighted by Gasteiger charge is 2.29. The summed E-state index contributed by atoms with van der Waals surface area (Å²) >= 11 is 0. The molecule has 1 unspecified atom stereocenters. The van der Waals surface area contributed by atoms with Gasteiger partial charge < -0.3 is 18.9 Å². The van der Waals surface area contributed by atoms with Crippen molar-refractivity contribution in [2.24, 2.45) is 0 Å². The molecule has 1 saturated heterocycles. The van der Waals surface area contributed by atoms with Gasteiger partial charge in [0.15, 0.2) is 11.5 Å². The van der Waals surface area contributed by atoms with Crippen molar-refractivity contribution in [3.8, 4) is 11.5 Å². The summed E-state index contributed by atoms with van der Waals surface area (Å²) in [6, 6.07) is 7.04. The van der Waals surface area contributed by atoms with E-state index < -0.39 is 0 Å². The Hall–Kier alpha value is -3.88. The van der Waals surface area contributed by atoms with E-state index in [4.69, 9.17) is 14.5 Å². The highest BCUT2D eigenvalue weighted by molar-refractivity contribution is 6.04. The van der Waals surface area contributed by atoms with Gasteiger partial charge in [-0.15, -0.1) is 0 Å². The molecule has 0 spiro atoms. The van der Waals surface area contributed by atoms with Crippen LogP contribution < -0.4 is 14.8 Å². The highest BCUT2D eigenvalue weighted by Crippen LogP contribution is 2.41. The molecular formula is C26H29N5O4. The predicted molar refractivity (Wildman–Crippen MR) is 132 cm³/mol. The molecule has 2 aliphatic rings. The van der Waals surface area contributed by atoms with Gasteiger partial charge in [-0.05, 0) is 56.5 Å². The van der Waals surface area contributed by atoms with Crippen LogP contribution in [0.3, 0.4) is 0 Å². The third kappa shape index (κ3) is 4.58. The third-order valence-electron chi connectivity index (χ3n) is 6.44. The molecule has 1 fully saturated rings. The zero-order chi connectivity index (χ0) is 24.4. The first-order valence-corrected chi connectivity index (χ1v) is 12.0. The van der Waals surface area contributed by atoms with Crippen LogP contribution in [0.25, 0.3) is 11.0 Å². The molecule has 1 aromatic carbocycles. The highest BCUT2D eigenvalue weighted by atomic mass is 16.5. The minimum absolute atomic E-state index is 0.0995. The van der Waals surface area contributed by atoms with Crippen LogP contribution in [-0.2, 0) is 4.79 Å². The van der Waals surface area contributed by atoms with E-state index in [0.717, 1.165) is 36.9 Å². The first kappa shape index (κ1) is 22.9. The first-order chi connectivity index (χ1) is 17.0. The van der Waals surface area contributed by atoms with E-state index in [-0.39, 0.29) is 17.9 Å². The average Bonchev–Trinajstić information content (AvgIpc) is 3.04. The Morgan fingerprint density at radius 2 is 2.03 bits per heavy atom. The molecule has 4 heterocycles. The number of pyridine rings is 1. The lowest BCUT2D eigenvalue weighted by Crippen LogP contribution is -2.34. The Balaban J connectivity index is 1.63. The second-order valence-corrected chi connectivity index (χ2v) is 8.89. The first-order valence-electron chi connectivity index (χ1n) is 12.0. The van der Waals surface area contributed by atoms with Crippen LogP contribution in [0.15, 0.2) is 43.1 Å². The van der Waals surface area contributed by atoms with Crippen molar-refractivity contribution in [3.05, 3.63) is 54.4 Å². The van der Waals surface area contributed by atoms with Crippen molar-refractivity contribution < 1.29 is 19.1 Å². The minimum Gasteiger partial charge on any atom is -0.489 e. The van der Waals surface area contributed by atoms with Crippen LogP contribution in [0.5, 0.6) is 11.5 Å². The number of likely N-dealkylation sites (tertiary alicyclic amines) is 1. The van der Waals surface area contributed by atoms with Crippen molar-refractivity contribution in [1.82, 2.24) is 19.4 Å². The van der Waals surface area contributed by atoms with E-state index >= 15 is 0 Å². The van der Waals surface area contributed by atoms with E-state index in [9.17, 15) is 9.59 Å². The number of benzene rings is 1. The molecule has 0 bridgehead atoms. The number of aryl methyl sites for hydroxylation is 1. The number of hydrogen-bond donors (Lipinski definition) is 1. The molecular weight excluding hydrogens is 446 g/mol. The maximum atomic E-state index is 13.2. The summed E-state index contributed by atoms with van der Waals surface area (Å²) in [5.74, 6) is 1.32. The number of ether oxygens (including phenoxy) is 2. The van der Waals surface area contributed by atoms with Gasteiger partial charge in [-0.2, -0.15) is 0 Å². The van der Waals surface area contributed by atoms with Crippen LogP contribution in [0.4, 0.5) is 5.95 Å². The number of amides is 2. The summed E-state index contributed by atoms with van der Waals surface area (Å²) in [5.41, 5.74) is 2.72. The largest absolute Gasteiger partial charge is 0.489 e. The van der Waals surface area contributed by atoms with Crippen LogP contribution >= 0.6 is 0 Å². The maximum Gasteiger partial charge on any atom is 0.258 e. The molecule has 1 N–H and O–H groups in total. The van der Waals surface area contributed by atoms with Crippen molar-refractivity contribution in [2.45, 2.75) is 38.6 Å². The van der Waals surface area contributed by atoms with Crippen molar-refractivity contribution in [1.29, 1.82) is 0 Å². The van der Waals surface area contributed by atoms with E-state index in [1.165, 1.54) is 6.08 Å². The lowest BCUT2D eigenvalue weighted by atomic mass is 10.1. The van der Waals surface area contributed by atoms with Crippen LogP contribution in [0.1, 0.15) is 47.8 Å². The lowest BCUT2D eigenvalue weighted by Gasteiger charge is -2.26. The molecule has 35 heavy (non-hydrogen) atoms. The van der Waals surface area contributed by atoms with Crippen LogP contribution in [0, 0.1) is 6.92 Å². The van der Waals surface area contributed by atoms with Crippen molar-refractivity contribution >= 4 is 28.8 Å². The van der Waals surface area contributed by atoms with Gasteiger partial charge in [0.2, 0.25) is 11.9 Å². The number of carbonyl (C=O) groups is 2. The molecule has 1 atom stereocenters. The van der Waals surface area contributed by atoms with Crippen molar-refractivity contribution in [3.63, 3.8) is 0 Å². The Labute approximate surface area is 203 Å². The zero-order valence-electron chi connectivity index (χ0n) is 19.8. The van der Waals surface area contributed by atoms with E-state index in [1.807, 2.05) is 28.5 Å². The van der Waals surface area contributed by atoms with Gasteiger partial charge in [0.05, 0.1) is 24.8 Å². The van der Waals surface area contributed by atoms with Gasteiger partial charge >= 0.3 is 0 Å². The second-order valence-electron chi connectivity index (χ2n) is 8.89. The fourth-order valence-electron chi connectivity index (χ4n) is 4.77.